The molecule has 0 saturated heterocycles. The predicted molar refractivity (Wildman–Crippen MR) is 121 cm³/mol. The summed E-state index contributed by atoms with van der Waals surface area (Å²) >= 11 is 0. The van der Waals surface area contributed by atoms with Crippen LogP contribution in [0.4, 0.5) is 0 Å². The van der Waals surface area contributed by atoms with Gasteiger partial charge in [-0.25, -0.2) is 12.4 Å². The van der Waals surface area contributed by atoms with Gasteiger partial charge in [0.15, 0.2) is 0 Å². The molecule has 0 fully saturated rings. The van der Waals surface area contributed by atoms with E-state index in [-0.39, 0.29) is 23.8 Å². The molecular weight excluding hydrogens is 414 g/mol. The van der Waals surface area contributed by atoms with Gasteiger partial charge < -0.3 is 9.84 Å². The highest BCUT2D eigenvalue weighted by Gasteiger charge is 2.22. The van der Waals surface area contributed by atoms with Gasteiger partial charge in [0.05, 0.1) is 16.5 Å². The molecule has 0 aliphatic rings. The van der Waals surface area contributed by atoms with Crippen molar-refractivity contribution in [3.8, 4) is 5.75 Å². The fraction of sp³-hybridized carbons (Fsp3) is 0.375. The van der Waals surface area contributed by atoms with Crippen LogP contribution in [0, 0.1) is 0 Å². The molecule has 0 spiro atoms. The summed E-state index contributed by atoms with van der Waals surface area (Å²) in [5.41, 5.74) is 2.26. The average molecular weight is 444 g/mol. The van der Waals surface area contributed by atoms with Crippen LogP contribution in [0.2, 0.25) is 0 Å². The largest absolute Gasteiger partial charge is 0.491 e. The summed E-state index contributed by atoms with van der Waals surface area (Å²) in [6.07, 6.45) is 4.70. The van der Waals surface area contributed by atoms with Gasteiger partial charge in [0.1, 0.15) is 5.75 Å². The summed E-state index contributed by atoms with van der Waals surface area (Å²) in [6.45, 7) is 5.92. The van der Waals surface area contributed by atoms with Gasteiger partial charge in [-0.3, -0.25) is 4.79 Å². The van der Waals surface area contributed by atoms with Gasteiger partial charge in [-0.15, -0.1) is 0 Å². The molecule has 2 aromatic carbocycles. The third-order valence-corrected chi connectivity index (χ3v) is 6.79. The Labute approximate surface area is 183 Å². The van der Waals surface area contributed by atoms with E-state index in [1.807, 2.05) is 26.0 Å². The molecule has 0 amide bonds. The molecule has 0 bridgehead atoms. The van der Waals surface area contributed by atoms with Crippen LogP contribution in [-0.2, 0) is 27.7 Å². The Bertz CT molecular complexity index is 1160. The zero-order valence-corrected chi connectivity index (χ0v) is 19.0. The van der Waals surface area contributed by atoms with Gasteiger partial charge in [0.2, 0.25) is 0 Å². The number of fused-ring (bicyclic) bond motifs is 1. The van der Waals surface area contributed by atoms with Gasteiger partial charge in [-0.1, -0.05) is 25.5 Å². The smallest absolute Gasteiger partial charge is 0.303 e. The van der Waals surface area contributed by atoms with Crippen LogP contribution in [0.3, 0.4) is 0 Å². The Morgan fingerprint density at radius 1 is 1.10 bits per heavy atom. The van der Waals surface area contributed by atoms with Crippen molar-refractivity contribution in [1.29, 1.82) is 0 Å². The molecule has 0 aliphatic carbocycles. The monoisotopic (exact) mass is 443 g/mol. The molecular formula is C24H29NO5S. The number of unbranched alkanes of at least 4 members (excludes halogenated alkanes) is 1. The van der Waals surface area contributed by atoms with E-state index in [9.17, 15) is 13.2 Å². The lowest BCUT2D eigenvalue weighted by molar-refractivity contribution is -0.136. The number of nitrogens with zero attached hydrogens (tertiary/aromatic N) is 1. The molecule has 0 atom stereocenters. The second-order valence-electron chi connectivity index (χ2n) is 7.94. The third-order valence-electron chi connectivity index (χ3n) is 5.10. The Balaban J connectivity index is 2.08. The first kappa shape index (κ1) is 22.9. The van der Waals surface area contributed by atoms with E-state index in [1.54, 1.807) is 30.3 Å². The highest BCUT2D eigenvalue weighted by Crippen LogP contribution is 2.30. The van der Waals surface area contributed by atoms with E-state index >= 15 is 0 Å². The standard InChI is InChI=1S/C24H29NO5S/c1-4-5-6-18-7-11-21(12-8-18)31(28,29)25-16-19(9-14-24(26)27)22-13-10-20(15-23(22)25)30-17(2)3/h7-8,10-13,15-17H,4-6,9,14H2,1-3H3,(H,26,27). The first-order valence-corrected chi connectivity index (χ1v) is 12.0. The van der Waals surface area contributed by atoms with Crippen LogP contribution >= 0.6 is 0 Å². The fourth-order valence-electron chi connectivity index (χ4n) is 3.55. The quantitative estimate of drug-likeness (QED) is 0.475. The molecule has 0 aliphatic heterocycles. The van der Waals surface area contributed by atoms with Crippen molar-refractivity contribution in [1.82, 2.24) is 3.97 Å². The number of aryl methyl sites for hydroxylation is 2. The molecule has 1 N–H and O–H groups in total. The van der Waals surface area contributed by atoms with Crippen LogP contribution < -0.4 is 4.74 Å². The zero-order valence-electron chi connectivity index (χ0n) is 18.2. The van der Waals surface area contributed by atoms with Gasteiger partial charge in [0, 0.05) is 24.1 Å². The molecule has 31 heavy (non-hydrogen) atoms. The van der Waals surface area contributed by atoms with Gasteiger partial charge in [-0.05, 0) is 68.5 Å². The molecule has 166 valence electrons. The SMILES string of the molecule is CCCCc1ccc(S(=O)(=O)n2cc(CCC(=O)O)c3ccc(OC(C)C)cc32)cc1. The normalized spacial score (nSPS) is 11.9. The molecule has 0 radical (unpaired) electrons. The first-order chi connectivity index (χ1) is 14.7. The number of aromatic nitrogens is 1. The Morgan fingerprint density at radius 2 is 1.81 bits per heavy atom. The van der Waals surface area contributed by atoms with Crippen molar-refractivity contribution in [3.05, 3.63) is 59.8 Å². The molecule has 0 unspecified atom stereocenters. The minimum absolute atomic E-state index is 0.0559. The van der Waals surface area contributed by atoms with Gasteiger partial charge in [-0.2, -0.15) is 0 Å². The molecule has 1 aromatic heterocycles. The van der Waals surface area contributed by atoms with Crippen molar-refractivity contribution in [2.45, 2.75) is 63.9 Å². The number of aliphatic carboxylic acids is 1. The van der Waals surface area contributed by atoms with E-state index in [4.69, 9.17) is 9.84 Å². The lowest BCUT2D eigenvalue weighted by Crippen LogP contribution is -2.12. The third kappa shape index (κ3) is 5.28. The average Bonchev–Trinajstić information content (AvgIpc) is 3.09. The van der Waals surface area contributed by atoms with Crippen LogP contribution in [-0.4, -0.2) is 29.6 Å². The van der Waals surface area contributed by atoms with Crippen molar-refractivity contribution in [3.63, 3.8) is 0 Å². The lowest BCUT2D eigenvalue weighted by atomic mass is 10.1. The van der Waals surface area contributed by atoms with E-state index in [0.717, 1.165) is 24.8 Å². The summed E-state index contributed by atoms with van der Waals surface area (Å²) in [4.78, 5) is 11.3. The number of ether oxygens (including phenoxy) is 1. The number of carboxylic acids is 1. The Hall–Kier alpha value is -2.80. The summed E-state index contributed by atoms with van der Waals surface area (Å²) in [5.74, 6) is -0.358. The second kappa shape index (κ2) is 9.56. The minimum Gasteiger partial charge on any atom is -0.491 e. The molecule has 3 aromatic rings. The topological polar surface area (TPSA) is 85.6 Å². The number of carbonyl (C=O) groups is 1. The molecule has 1 heterocycles. The summed E-state index contributed by atoms with van der Waals surface area (Å²) in [7, 11) is -3.85. The molecule has 6 nitrogen and oxygen atoms in total. The van der Waals surface area contributed by atoms with Crippen LogP contribution in [0.1, 0.15) is 51.2 Å². The number of hydrogen-bond donors (Lipinski definition) is 1. The Morgan fingerprint density at radius 3 is 2.42 bits per heavy atom. The maximum absolute atomic E-state index is 13.5. The zero-order chi connectivity index (χ0) is 22.6. The van der Waals surface area contributed by atoms with E-state index < -0.39 is 16.0 Å². The highest BCUT2D eigenvalue weighted by molar-refractivity contribution is 7.90. The first-order valence-electron chi connectivity index (χ1n) is 10.6. The van der Waals surface area contributed by atoms with Crippen LogP contribution in [0.15, 0.2) is 53.6 Å². The highest BCUT2D eigenvalue weighted by atomic mass is 32.2. The number of carboxylic acid groups (broad SMARTS) is 1. The number of rotatable bonds is 10. The summed E-state index contributed by atoms with van der Waals surface area (Å²) < 4.78 is 33.9. The number of hydrogen-bond acceptors (Lipinski definition) is 4. The van der Waals surface area contributed by atoms with E-state index in [1.165, 1.54) is 10.2 Å². The lowest BCUT2D eigenvalue weighted by Gasteiger charge is -2.12. The van der Waals surface area contributed by atoms with Gasteiger partial charge >= 0.3 is 5.97 Å². The summed E-state index contributed by atoms with van der Waals surface area (Å²) in [5, 5.41) is 9.79. The van der Waals surface area contributed by atoms with E-state index in [0.29, 0.717) is 22.2 Å². The molecule has 0 saturated carbocycles. The van der Waals surface area contributed by atoms with E-state index in [2.05, 4.69) is 6.92 Å². The number of benzene rings is 2. The van der Waals surface area contributed by atoms with Crippen molar-refractivity contribution >= 4 is 26.9 Å². The van der Waals surface area contributed by atoms with Gasteiger partial charge in [0.25, 0.3) is 10.0 Å². The minimum atomic E-state index is -3.85. The van der Waals surface area contributed by atoms with Crippen molar-refractivity contribution in [2.24, 2.45) is 0 Å². The molecule has 3 rings (SSSR count). The van der Waals surface area contributed by atoms with Crippen molar-refractivity contribution < 1.29 is 23.1 Å². The summed E-state index contributed by atoms with van der Waals surface area (Å²) in [6, 6.07) is 12.3. The fourth-order valence-corrected chi connectivity index (χ4v) is 4.94. The Kier molecular flexibility index (Phi) is 7.05. The second-order valence-corrected chi connectivity index (χ2v) is 9.76. The van der Waals surface area contributed by atoms with Crippen LogP contribution in [0.5, 0.6) is 5.75 Å². The maximum Gasteiger partial charge on any atom is 0.303 e. The van der Waals surface area contributed by atoms with Crippen molar-refractivity contribution in [2.75, 3.05) is 0 Å². The van der Waals surface area contributed by atoms with Crippen LogP contribution in [0.25, 0.3) is 10.9 Å². The maximum atomic E-state index is 13.5. The predicted octanol–water partition coefficient (Wildman–Crippen LogP) is 5.03. The molecule has 7 heteroatoms.